The van der Waals surface area contributed by atoms with Crippen LogP contribution < -0.4 is 0 Å². The fourth-order valence-electron chi connectivity index (χ4n) is 1.85. The van der Waals surface area contributed by atoms with Crippen LogP contribution in [0.25, 0.3) is 0 Å². The highest BCUT2D eigenvalue weighted by Gasteiger charge is 1.96. The van der Waals surface area contributed by atoms with Crippen molar-refractivity contribution in [1.29, 1.82) is 0 Å². The highest BCUT2D eigenvalue weighted by molar-refractivity contribution is 5.66. The van der Waals surface area contributed by atoms with Crippen LogP contribution in [0.1, 0.15) is 71.1 Å². The van der Waals surface area contributed by atoms with Crippen LogP contribution in [-0.4, -0.2) is 11.1 Å². The van der Waals surface area contributed by atoms with Crippen molar-refractivity contribution < 1.29 is 9.90 Å². The molecule has 0 fully saturated rings. The molecule has 0 amide bonds. The SMILES string of the molecule is C/C=C/C/C=C\CCCCCCCCCC(=O)O. The van der Waals surface area contributed by atoms with E-state index in [0.29, 0.717) is 6.42 Å². The fraction of sp³-hybridized carbons (Fsp3) is 0.688. The summed E-state index contributed by atoms with van der Waals surface area (Å²) in [5, 5.41) is 8.48. The molecule has 0 radical (unpaired) electrons. The topological polar surface area (TPSA) is 37.3 Å². The predicted octanol–water partition coefficient (Wildman–Crippen LogP) is 5.10. The molecule has 0 aliphatic heterocycles. The van der Waals surface area contributed by atoms with Gasteiger partial charge in [-0.3, -0.25) is 4.79 Å². The van der Waals surface area contributed by atoms with Crippen molar-refractivity contribution in [3.05, 3.63) is 24.3 Å². The van der Waals surface area contributed by atoms with Crippen LogP contribution >= 0.6 is 0 Å². The summed E-state index contributed by atoms with van der Waals surface area (Å²) in [5.41, 5.74) is 0. The van der Waals surface area contributed by atoms with E-state index >= 15 is 0 Å². The molecule has 0 heterocycles. The zero-order valence-corrected chi connectivity index (χ0v) is 11.7. The lowest BCUT2D eigenvalue weighted by Crippen LogP contribution is -1.93. The van der Waals surface area contributed by atoms with Crippen molar-refractivity contribution >= 4 is 5.97 Å². The first-order valence-corrected chi connectivity index (χ1v) is 7.25. The molecule has 0 bridgehead atoms. The van der Waals surface area contributed by atoms with Gasteiger partial charge in [-0.05, 0) is 32.6 Å². The minimum absolute atomic E-state index is 0.330. The molecule has 0 unspecified atom stereocenters. The molecule has 104 valence electrons. The van der Waals surface area contributed by atoms with Crippen LogP contribution in [0.15, 0.2) is 24.3 Å². The van der Waals surface area contributed by atoms with Crippen molar-refractivity contribution in [1.82, 2.24) is 0 Å². The number of hydrogen-bond donors (Lipinski definition) is 1. The molecule has 0 aliphatic rings. The maximum Gasteiger partial charge on any atom is 0.303 e. The Balaban J connectivity index is 3.07. The fourth-order valence-corrected chi connectivity index (χ4v) is 1.85. The van der Waals surface area contributed by atoms with Gasteiger partial charge in [-0.25, -0.2) is 0 Å². The quantitative estimate of drug-likeness (QED) is 0.387. The summed E-state index contributed by atoms with van der Waals surface area (Å²) in [6.07, 6.45) is 19.5. The van der Waals surface area contributed by atoms with Crippen LogP contribution in [0.2, 0.25) is 0 Å². The summed E-state index contributed by atoms with van der Waals surface area (Å²) < 4.78 is 0. The number of carboxylic acid groups (broad SMARTS) is 1. The smallest absolute Gasteiger partial charge is 0.303 e. The summed E-state index contributed by atoms with van der Waals surface area (Å²) in [6, 6.07) is 0. The van der Waals surface area contributed by atoms with Gasteiger partial charge >= 0.3 is 5.97 Å². The van der Waals surface area contributed by atoms with Crippen molar-refractivity contribution in [3.63, 3.8) is 0 Å². The van der Waals surface area contributed by atoms with Gasteiger partial charge < -0.3 is 5.11 Å². The van der Waals surface area contributed by atoms with Crippen molar-refractivity contribution in [2.75, 3.05) is 0 Å². The van der Waals surface area contributed by atoms with Gasteiger partial charge in [-0.15, -0.1) is 0 Å². The Kier molecular flexibility index (Phi) is 13.2. The Morgan fingerprint density at radius 2 is 1.50 bits per heavy atom. The van der Waals surface area contributed by atoms with E-state index < -0.39 is 5.97 Å². The summed E-state index contributed by atoms with van der Waals surface area (Å²) in [6.45, 7) is 2.05. The number of carboxylic acids is 1. The molecular formula is C16H28O2. The Bertz CT molecular complexity index is 241. The second-order valence-electron chi connectivity index (χ2n) is 4.68. The standard InChI is InChI=1S/C16H28O2/c1-2-3-4-5-6-7-8-9-10-11-12-13-14-15-16(17)18/h2-3,5-6H,4,7-15H2,1H3,(H,17,18)/b3-2+,6-5-. The summed E-state index contributed by atoms with van der Waals surface area (Å²) >= 11 is 0. The molecule has 0 aromatic rings. The molecule has 0 aliphatic carbocycles. The first-order chi connectivity index (χ1) is 8.77. The maximum absolute atomic E-state index is 10.3. The van der Waals surface area contributed by atoms with Gasteiger partial charge in [-0.1, -0.05) is 56.4 Å². The van der Waals surface area contributed by atoms with Gasteiger partial charge in [0, 0.05) is 6.42 Å². The molecule has 0 saturated heterocycles. The zero-order valence-electron chi connectivity index (χ0n) is 11.7. The summed E-state index contributed by atoms with van der Waals surface area (Å²) in [4.78, 5) is 10.3. The summed E-state index contributed by atoms with van der Waals surface area (Å²) in [7, 11) is 0. The molecule has 0 saturated carbocycles. The van der Waals surface area contributed by atoms with E-state index in [0.717, 1.165) is 19.3 Å². The first-order valence-electron chi connectivity index (χ1n) is 7.25. The molecule has 0 aromatic carbocycles. The highest BCUT2D eigenvalue weighted by atomic mass is 16.4. The van der Waals surface area contributed by atoms with Gasteiger partial charge in [0.1, 0.15) is 0 Å². The average molecular weight is 252 g/mol. The third kappa shape index (κ3) is 14.9. The van der Waals surface area contributed by atoms with Crippen molar-refractivity contribution in [2.24, 2.45) is 0 Å². The molecule has 2 heteroatoms. The normalized spacial score (nSPS) is 11.6. The Labute approximate surface area is 112 Å². The molecule has 0 rings (SSSR count). The van der Waals surface area contributed by atoms with E-state index in [1.807, 2.05) is 6.92 Å². The molecule has 18 heavy (non-hydrogen) atoms. The van der Waals surface area contributed by atoms with Crippen molar-refractivity contribution in [2.45, 2.75) is 71.1 Å². The molecule has 2 nitrogen and oxygen atoms in total. The zero-order chi connectivity index (χ0) is 13.5. The molecule has 1 N–H and O–H groups in total. The lowest BCUT2D eigenvalue weighted by atomic mass is 10.1. The van der Waals surface area contributed by atoms with E-state index in [1.165, 1.54) is 38.5 Å². The number of rotatable bonds is 12. The third-order valence-corrected chi connectivity index (χ3v) is 2.94. The molecule has 0 atom stereocenters. The average Bonchev–Trinajstić information content (AvgIpc) is 2.34. The van der Waals surface area contributed by atoms with E-state index in [4.69, 9.17) is 5.11 Å². The van der Waals surface area contributed by atoms with Crippen LogP contribution in [0.4, 0.5) is 0 Å². The Morgan fingerprint density at radius 3 is 2.11 bits per heavy atom. The number of unbranched alkanes of at least 4 members (excludes halogenated alkanes) is 7. The lowest BCUT2D eigenvalue weighted by Gasteiger charge is -2.00. The van der Waals surface area contributed by atoms with Gasteiger partial charge in [0.25, 0.3) is 0 Å². The van der Waals surface area contributed by atoms with Crippen LogP contribution in [-0.2, 0) is 4.79 Å². The van der Waals surface area contributed by atoms with Gasteiger partial charge in [0.2, 0.25) is 0 Å². The second-order valence-corrected chi connectivity index (χ2v) is 4.68. The summed E-state index contributed by atoms with van der Waals surface area (Å²) in [5.74, 6) is -0.667. The monoisotopic (exact) mass is 252 g/mol. The van der Waals surface area contributed by atoms with E-state index in [-0.39, 0.29) is 0 Å². The lowest BCUT2D eigenvalue weighted by molar-refractivity contribution is -0.137. The van der Waals surface area contributed by atoms with E-state index in [9.17, 15) is 4.79 Å². The number of aliphatic carboxylic acids is 1. The van der Waals surface area contributed by atoms with Crippen LogP contribution in [0, 0.1) is 0 Å². The number of allylic oxidation sites excluding steroid dienone is 4. The minimum Gasteiger partial charge on any atom is -0.481 e. The van der Waals surface area contributed by atoms with Gasteiger partial charge in [0.05, 0.1) is 0 Å². The highest BCUT2D eigenvalue weighted by Crippen LogP contribution is 2.10. The maximum atomic E-state index is 10.3. The molecule has 0 spiro atoms. The van der Waals surface area contributed by atoms with Crippen LogP contribution in [0.3, 0.4) is 0 Å². The molecular weight excluding hydrogens is 224 g/mol. The second kappa shape index (κ2) is 14.0. The van der Waals surface area contributed by atoms with Gasteiger partial charge in [0.15, 0.2) is 0 Å². The number of hydrogen-bond acceptors (Lipinski definition) is 1. The largest absolute Gasteiger partial charge is 0.481 e. The Hall–Kier alpha value is -1.05. The van der Waals surface area contributed by atoms with E-state index in [2.05, 4.69) is 24.3 Å². The van der Waals surface area contributed by atoms with E-state index in [1.54, 1.807) is 0 Å². The first kappa shape index (κ1) is 16.9. The van der Waals surface area contributed by atoms with Crippen molar-refractivity contribution in [3.8, 4) is 0 Å². The third-order valence-electron chi connectivity index (χ3n) is 2.94. The number of carbonyl (C=O) groups is 1. The predicted molar refractivity (Wildman–Crippen MR) is 77.8 cm³/mol. The van der Waals surface area contributed by atoms with Crippen LogP contribution in [0.5, 0.6) is 0 Å². The van der Waals surface area contributed by atoms with Gasteiger partial charge in [-0.2, -0.15) is 0 Å². The Morgan fingerprint density at radius 1 is 0.889 bits per heavy atom. The molecule has 0 aromatic heterocycles. The minimum atomic E-state index is -0.667.